The molecule has 0 spiro atoms. The van der Waals surface area contributed by atoms with Crippen LogP contribution in [0.15, 0.2) is 65.6 Å². The van der Waals surface area contributed by atoms with Gasteiger partial charge in [0.05, 0.1) is 12.0 Å². The first-order chi connectivity index (χ1) is 13.6. The Kier molecular flexibility index (Phi) is 6.45. The number of benzene rings is 2. The third kappa shape index (κ3) is 4.40. The first kappa shape index (κ1) is 19.6. The summed E-state index contributed by atoms with van der Waals surface area (Å²) in [7, 11) is 1.71. The van der Waals surface area contributed by atoms with Crippen molar-refractivity contribution < 1.29 is 14.3 Å². The lowest BCUT2D eigenvalue weighted by atomic mass is 10.1. The zero-order valence-corrected chi connectivity index (χ0v) is 16.1. The van der Waals surface area contributed by atoms with Crippen LogP contribution < -0.4 is 15.2 Å². The molecule has 6 nitrogen and oxygen atoms in total. The fourth-order valence-corrected chi connectivity index (χ4v) is 2.93. The molecule has 0 N–H and O–H groups in total. The molecule has 2 aromatic carbocycles. The van der Waals surface area contributed by atoms with Gasteiger partial charge >= 0.3 is 0 Å². The van der Waals surface area contributed by atoms with Gasteiger partial charge in [0, 0.05) is 37.5 Å². The van der Waals surface area contributed by atoms with E-state index in [-0.39, 0.29) is 18.1 Å². The van der Waals surface area contributed by atoms with E-state index in [1.54, 1.807) is 40.9 Å². The van der Waals surface area contributed by atoms with Gasteiger partial charge in [-0.3, -0.25) is 9.59 Å². The molecule has 3 aromatic rings. The van der Waals surface area contributed by atoms with Crippen LogP contribution in [0.1, 0.15) is 6.92 Å². The van der Waals surface area contributed by atoms with E-state index in [4.69, 9.17) is 9.47 Å². The predicted molar refractivity (Wildman–Crippen MR) is 110 cm³/mol. The predicted octanol–water partition coefficient (Wildman–Crippen LogP) is 3.08. The number of para-hydroxylation sites is 1. The van der Waals surface area contributed by atoms with Crippen LogP contribution in [0.5, 0.6) is 5.75 Å². The van der Waals surface area contributed by atoms with Crippen LogP contribution in [-0.2, 0) is 16.1 Å². The standard InChI is InChI=1S/C22H24N2O4/c1-3-27-15-14-24-13-12-18-19(22(24)26)10-7-11-20(18)28-16-21(25)23(2)17-8-5-4-6-9-17/h4-13H,3,14-16H2,1-2H3. The van der Waals surface area contributed by atoms with Crippen molar-refractivity contribution in [2.75, 3.05) is 31.8 Å². The van der Waals surface area contributed by atoms with E-state index in [0.717, 1.165) is 5.69 Å². The Hall–Kier alpha value is -3.12. The number of hydrogen-bond donors (Lipinski definition) is 0. The molecule has 0 bridgehead atoms. The van der Waals surface area contributed by atoms with Crippen molar-refractivity contribution in [3.05, 3.63) is 71.1 Å². The highest BCUT2D eigenvalue weighted by atomic mass is 16.5. The van der Waals surface area contributed by atoms with Crippen LogP contribution in [0.3, 0.4) is 0 Å². The molecule has 0 fully saturated rings. The molecule has 0 aliphatic heterocycles. The average molecular weight is 380 g/mol. The summed E-state index contributed by atoms with van der Waals surface area (Å²) in [6.07, 6.45) is 1.73. The number of hydrogen-bond acceptors (Lipinski definition) is 4. The van der Waals surface area contributed by atoms with Gasteiger partial charge in [0.2, 0.25) is 0 Å². The van der Waals surface area contributed by atoms with Crippen LogP contribution in [0, 0.1) is 0 Å². The SMILES string of the molecule is CCOCCn1ccc2c(OCC(=O)N(C)c3ccccc3)cccc2c1=O. The number of anilines is 1. The summed E-state index contributed by atoms with van der Waals surface area (Å²) in [6.45, 7) is 3.40. The zero-order chi connectivity index (χ0) is 19.9. The molecule has 3 rings (SSSR count). The van der Waals surface area contributed by atoms with E-state index in [1.807, 2.05) is 43.3 Å². The van der Waals surface area contributed by atoms with E-state index < -0.39 is 0 Å². The lowest BCUT2D eigenvalue weighted by Gasteiger charge is -2.18. The van der Waals surface area contributed by atoms with E-state index in [9.17, 15) is 9.59 Å². The van der Waals surface area contributed by atoms with Gasteiger partial charge in [-0.2, -0.15) is 0 Å². The molecule has 0 saturated carbocycles. The first-order valence-electron chi connectivity index (χ1n) is 9.26. The van der Waals surface area contributed by atoms with Crippen LogP contribution >= 0.6 is 0 Å². The van der Waals surface area contributed by atoms with Gasteiger partial charge in [0.1, 0.15) is 5.75 Å². The largest absolute Gasteiger partial charge is 0.483 e. The number of fused-ring (bicyclic) bond motifs is 1. The molecule has 0 aliphatic carbocycles. The molecule has 1 aromatic heterocycles. The van der Waals surface area contributed by atoms with E-state index in [2.05, 4.69) is 0 Å². The maximum Gasteiger partial charge on any atom is 0.264 e. The maximum absolute atomic E-state index is 12.7. The fraction of sp³-hybridized carbons (Fsp3) is 0.273. The smallest absolute Gasteiger partial charge is 0.264 e. The minimum Gasteiger partial charge on any atom is -0.483 e. The summed E-state index contributed by atoms with van der Waals surface area (Å²) >= 11 is 0. The normalized spacial score (nSPS) is 10.8. The highest BCUT2D eigenvalue weighted by Crippen LogP contribution is 2.23. The fourth-order valence-electron chi connectivity index (χ4n) is 2.93. The minimum absolute atomic E-state index is 0.101. The summed E-state index contributed by atoms with van der Waals surface area (Å²) < 4.78 is 12.7. The number of aromatic nitrogens is 1. The van der Waals surface area contributed by atoms with Crippen molar-refractivity contribution in [3.63, 3.8) is 0 Å². The summed E-state index contributed by atoms with van der Waals surface area (Å²) in [6, 6.07) is 16.5. The van der Waals surface area contributed by atoms with E-state index in [0.29, 0.717) is 36.3 Å². The second-order valence-electron chi connectivity index (χ2n) is 6.31. The molecule has 0 saturated heterocycles. The van der Waals surface area contributed by atoms with Gasteiger partial charge in [-0.25, -0.2) is 0 Å². The number of rotatable bonds is 8. The molecule has 6 heteroatoms. The summed E-state index contributed by atoms with van der Waals surface area (Å²) in [5.74, 6) is 0.342. The second-order valence-corrected chi connectivity index (χ2v) is 6.31. The van der Waals surface area contributed by atoms with Crippen molar-refractivity contribution in [3.8, 4) is 5.75 Å². The Morgan fingerprint density at radius 3 is 2.57 bits per heavy atom. The third-order valence-corrected chi connectivity index (χ3v) is 4.53. The molecule has 1 heterocycles. The number of ether oxygens (including phenoxy) is 2. The second kappa shape index (κ2) is 9.19. The van der Waals surface area contributed by atoms with Crippen molar-refractivity contribution in [1.82, 2.24) is 4.57 Å². The lowest BCUT2D eigenvalue weighted by Crippen LogP contribution is -2.31. The molecule has 0 aliphatic rings. The van der Waals surface area contributed by atoms with Crippen LogP contribution in [0.25, 0.3) is 10.8 Å². The van der Waals surface area contributed by atoms with Crippen molar-refractivity contribution in [1.29, 1.82) is 0 Å². The van der Waals surface area contributed by atoms with Crippen LogP contribution in [0.2, 0.25) is 0 Å². The number of nitrogens with zero attached hydrogens (tertiary/aromatic N) is 2. The minimum atomic E-state index is -0.173. The molecule has 0 atom stereocenters. The number of carbonyl (C=O) groups is 1. The monoisotopic (exact) mass is 380 g/mol. The van der Waals surface area contributed by atoms with Gasteiger partial charge in [-0.1, -0.05) is 24.3 Å². The molecule has 0 radical (unpaired) electrons. The van der Waals surface area contributed by atoms with E-state index in [1.165, 1.54) is 0 Å². The molecule has 0 unspecified atom stereocenters. The van der Waals surface area contributed by atoms with Gasteiger partial charge in [-0.15, -0.1) is 0 Å². The number of amides is 1. The summed E-state index contributed by atoms with van der Waals surface area (Å²) in [5, 5.41) is 1.25. The Balaban J connectivity index is 1.75. The molecule has 28 heavy (non-hydrogen) atoms. The Morgan fingerprint density at radius 1 is 1.04 bits per heavy atom. The zero-order valence-electron chi connectivity index (χ0n) is 16.1. The van der Waals surface area contributed by atoms with Crippen LogP contribution in [-0.4, -0.2) is 37.3 Å². The Labute approximate surface area is 163 Å². The lowest BCUT2D eigenvalue weighted by molar-refractivity contribution is -0.120. The van der Waals surface area contributed by atoms with E-state index >= 15 is 0 Å². The Morgan fingerprint density at radius 2 is 1.82 bits per heavy atom. The topological polar surface area (TPSA) is 60.8 Å². The van der Waals surface area contributed by atoms with Crippen molar-refractivity contribution in [2.24, 2.45) is 0 Å². The summed E-state index contributed by atoms with van der Waals surface area (Å²) in [4.78, 5) is 26.7. The van der Waals surface area contributed by atoms with Gasteiger partial charge in [0.25, 0.3) is 11.5 Å². The van der Waals surface area contributed by atoms with Crippen LogP contribution in [0.4, 0.5) is 5.69 Å². The quantitative estimate of drug-likeness (QED) is 0.564. The van der Waals surface area contributed by atoms with Crippen molar-refractivity contribution in [2.45, 2.75) is 13.5 Å². The molecule has 1 amide bonds. The average Bonchev–Trinajstić information content (AvgIpc) is 2.74. The number of carbonyl (C=O) groups excluding carboxylic acids is 1. The highest BCUT2D eigenvalue weighted by molar-refractivity contribution is 5.94. The summed E-state index contributed by atoms with van der Waals surface area (Å²) in [5.41, 5.74) is 0.696. The number of likely N-dealkylation sites (N-methyl/N-ethyl adjacent to an activating group) is 1. The maximum atomic E-state index is 12.7. The Bertz CT molecular complexity index is 998. The molecular weight excluding hydrogens is 356 g/mol. The molecule has 146 valence electrons. The highest BCUT2D eigenvalue weighted by Gasteiger charge is 2.13. The first-order valence-corrected chi connectivity index (χ1v) is 9.26. The number of pyridine rings is 1. The van der Waals surface area contributed by atoms with Gasteiger partial charge in [0.15, 0.2) is 6.61 Å². The molecular formula is C22H24N2O4. The third-order valence-electron chi connectivity index (χ3n) is 4.53. The van der Waals surface area contributed by atoms with Crippen molar-refractivity contribution >= 4 is 22.4 Å². The van der Waals surface area contributed by atoms with Gasteiger partial charge < -0.3 is 18.9 Å². The van der Waals surface area contributed by atoms with Gasteiger partial charge in [-0.05, 0) is 37.3 Å².